The fraction of sp³-hybridized carbons (Fsp3) is 0.381. The molecule has 3 aromatic rings. The highest BCUT2D eigenvalue weighted by Gasteiger charge is 2.35. The lowest BCUT2D eigenvalue weighted by Crippen LogP contribution is -2.46. The Kier molecular flexibility index (Phi) is 4.53. The largest absolute Gasteiger partial charge is 0.341 e. The molecule has 0 N–H and O–H groups in total. The highest BCUT2D eigenvalue weighted by molar-refractivity contribution is 6.30. The Morgan fingerprint density at radius 3 is 2.86 bits per heavy atom. The maximum absolute atomic E-state index is 11.4. The van der Waals surface area contributed by atoms with E-state index in [1.807, 2.05) is 35.2 Å². The molecule has 0 saturated carbocycles. The minimum absolute atomic E-state index is 0.313. The summed E-state index contributed by atoms with van der Waals surface area (Å²) in [4.78, 5) is 25.3. The van der Waals surface area contributed by atoms with Crippen molar-refractivity contribution in [3.05, 3.63) is 53.4 Å². The Morgan fingerprint density at radius 1 is 1.14 bits per heavy atom. The highest BCUT2D eigenvalue weighted by Crippen LogP contribution is 2.31. The van der Waals surface area contributed by atoms with E-state index in [1.165, 1.54) is 0 Å². The number of carbonyl (C=O) groups excluding carboxylic acids is 1. The first-order valence-corrected chi connectivity index (χ1v) is 10.1. The molecule has 3 fully saturated rings. The molecule has 0 aromatic carbocycles. The van der Waals surface area contributed by atoms with Gasteiger partial charge in [-0.05, 0) is 43.5 Å². The van der Waals surface area contributed by atoms with E-state index in [9.17, 15) is 4.79 Å². The monoisotopic (exact) mass is 395 g/mol. The Balaban J connectivity index is 1.54. The summed E-state index contributed by atoms with van der Waals surface area (Å²) < 4.78 is 2.15. The van der Waals surface area contributed by atoms with E-state index < -0.39 is 0 Å². The molecular formula is C21H22ClN5O. The number of hydrogen-bond acceptors (Lipinski definition) is 4. The molecule has 3 aromatic heterocycles. The minimum Gasteiger partial charge on any atom is -0.341 e. The molecule has 2 bridgehead atoms. The first-order valence-electron chi connectivity index (χ1n) is 9.76. The molecule has 1 amide bonds. The van der Waals surface area contributed by atoms with Gasteiger partial charge in [0.25, 0.3) is 0 Å². The number of piperidine rings is 1. The number of hydrogen-bond donors (Lipinski definition) is 0. The molecule has 28 heavy (non-hydrogen) atoms. The summed E-state index contributed by atoms with van der Waals surface area (Å²) in [5.74, 6) is 0. The summed E-state index contributed by atoms with van der Waals surface area (Å²) in [6.07, 6.45) is 8.01. The van der Waals surface area contributed by atoms with Gasteiger partial charge in [-0.3, -0.25) is 14.7 Å². The second-order valence-corrected chi connectivity index (χ2v) is 8.08. The fourth-order valence-electron chi connectivity index (χ4n) is 4.60. The first kappa shape index (κ1) is 17.6. The second kappa shape index (κ2) is 7.18. The number of nitrogens with zero attached hydrogens (tertiary/aromatic N) is 5. The van der Waals surface area contributed by atoms with Crippen molar-refractivity contribution in [3.8, 4) is 11.4 Å². The van der Waals surface area contributed by atoms with Crippen LogP contribution in [0, 0.1) is 0 Å². The molecule has 3 aliphatic heterocycles. The molecular weight excluding hydrogens is 374 g/mol. The zero-order valence-electron chi connectivity index (χ0n) is 15.5. The van der Waals surface area contributed by atoms with E-state index >= 15 is 0 Å². The summed E-state index contributed by atoms with van der Waals surface area (Å²) >= 11 is 6.03. The van der Waals surface area contributed by atoms with Crippen molar-refractivity contribution in [2.75, 3.05) is 13.1 Å². The lowest BCUT2D eigenvalue weighted by Gasteiger charge is -2.37. The van der Waals surface area contributed by atoms with Gasteiger partial charge < -0.3 is 9.30 Å². The number of halogens is 1. The van der Waals surface area contributed by atoms with Gasteiger partial charge in [-0.1, -0.05) is 17.7 Å². The van der Waals surface area contributed by atoms with Crippen LogP contribution in [0.4, 0.5) is 0 Å². The van der Waals surface area contributed by atoms with Crippen molar-refractivity contribution in [1.29, 1.82) is 0 Å². The van der Waals surface area contributed by atoms with Gasteiger partial charge in [0, 0.05) is 44.1 Å². The average molecular weight is 396 g/mol. The topological polar surface area (TPSA) is 53.7 Å². The van der Waals surface area contributed by atoms with Crippen LogP contribution in [0.15, 0.2) is 42.7 Å². The van der Waals surface area contributed by atoms with Crippen LogP contribution in [0.25, 0.3) is 17.0 Å². The zero-order valence-corrected chi connectivity index (χ0v) is 16.3. The van der Waals surface area contributed by atoms with Gasteiger partial charge in [0.15, 0.2) is 0 Å². The molecule has 0 radical (unpaired) electrons. The zero-order chi connectivity index (χ0) is 19.1. The highest BCUT2D eigenvalue weighted by atomic mass is 35.5. The number of imidazole rings is 1. The molecule has 6 rings (SSSR count). The number of amides is 1. The van der Waals surface area contributed by atoms with Crippen molar-refractivity contribution < 1.29 is 4.79 Å². The fourth-order valence-corrected chi connectivity index (χ4v) is 4.71. The predicted molar refractivity (Wildman–Crippen MR) is 108 cm³/mol. The lowest BCUT2D eigenvalue weighted by atomic mass is 9.98. The molecule has 0 aliphatic carbocycles. The third-order valence-electron chi connectivity index (χ3n) is 6.07. The normalized spacial score (nSPS) is 22.5. The van der Waals surface area contributed by atoms with Crippen LogP contribution in [0.2, 0.25) is 5.02 Å². The Labute approximate surface area is 168 Å². The maximum atomic E-state index is 11.4. The van der Waals surface area contributed by atoms with Crippen LogP contribution < -0.4 is 0 Å². The summed E-state index contributed by atoms with van der Waals surface area (Å²) in [6.45, 7) is 2.56. The van der Waals surface area contributed by atoms with Crippen LogP contribution in [0.1, 0.15) is 25.0 Å². The van der Waals surface area contributed by atoms with Gasteiger partial charge in [0.2, 0.25) is 6.41 Å². The third kappa shape index (κ3) is 3.06. The Bertz CT molecular complexity index is 1000. The number of pyridine rings is 2. The summed E-state index contributed by atoms with van der Waals surface area (Å²) in [5.41, 5.74) is 3.78. The Hall–Kier alpha value is -2.44. The van der Waals surface area contributed by atoms with Gasteiger partial charge in [-0.25, -0.2) is 4.98 Å². The van der Waals surface area contributed by atoms with E-state index in [-0.39, 0.29) is 0 Å². The molecule has 6 heterocycles. The molecule has 144 valence electrons. The van der Waals surface area contributed by atoms with Crippen molar-refractivity contribution in [2.45, 2.75) is 37.9 Å². The maximum Gasteiger partial charge on any atom is 0.209 e. The predicted octanol–water partition coefficient (Wildman–Crippen LogP) is 3.24. The lowest BCUT2D eigenvalue weighted by molar-refractivity contribution is -0.120. The Morgan fingerprint density at radius 2 is 2.04 bits per heavy atom. The summed E-state index contributed by atoms with van der Waals surface area (Å²) in [6, 6.07) is 10.6. The summed E-state index contributed by atoms with van der Waals surface area (Å²) in [7, 11) is 0. The molecule has 2 atom stereocenters. The molecule has 7 heteroatoms. The standard InChI is InChI=1S/C21H22ClN5O/c22-15-4-7-18(23-11-15)21-19(27-9-2-1-3-20(27)24-21)13-26-12-17-6-5-16(26)8-10-25(17)14-28/h1-4,7,9,11,14,16-17H,5-6,8,10,12-13H2. The smallest absolute Gasteiger partial charge is 0.209 e. The van der Waals surface area contributed by atoms with Gasteiger partial charge in [0.05, 0.1) is 16.4 Å². The van der Waals surface area contributed by atoms with E-state index in [4.69, 9.17) is 16.6 Å². The van der Waals surface area contributed by atoms with Crippen molar-refractivity contribution in [2.24, 2.45) is 0 Å². The second-order valence-electron chi connectivity index (χ2n) is 7.64. The van der Waals surface area contributed by atoms with E-state index in [0.717, 1.165) is 68.0 Å². The number of rotatable bonds is 4. The van der Waals surface area contributed by atoms with Crippen molar-refractivity contribution in [1.82, 2.24) is 24.2 Å². The van der Waals surface area contributed by atoms with Gasteiger partial charge in [0.1, 0.15) is 11.3 Å². The van der Waals surface area contributed by atoms with Crippen LogP contribution in [-0.2, 0) is 11.3 Å². The minimum atomic E-state index is 0.313. The average Bonchev–Trinajstić information content (AvgIpc) is 2.86. The number of fused-ring (bicyclic) bond motifs is 5. The molecule has 2 unspecified atom stereocenters. The third-order valence-corrected chi connectivity index (χ3v) is 6.30. The van der Waals surface area contributed by atoms with Crippen LogP contribution >= 0.6 is 11.6 Å². The number of carbonyl (C=O) groups is 1. The molecule has 3 saturated heterocycles. The molecule has 3 aliphatic rings. The van der Waals surface area contributed by atoms with Crippen molar-refractivity contribution in [3.63, 3.8) is 0 Å². The van der Waals surface area contributed by atoms with Gasteiger partial charge >= 0.3 is 0 Å². The van der Waals surface area contributed by atoms with E-state index in [2.05, 4.69) is 20.5 Å². The SMILES string of the molecule is O=CN1CCC2CCC1CN2Cc1c(-c2ccc(Cl)cn2)nc2ccccn12. The van der Waals surface area contributed by atoms with Gasteiger partial charge in [-0.2, -0.15) is 0 Å². The number of aromatic nitrogens is 3. The van der Waals surface area contributed by atoms with Crippen molar-refractivity contribution >= 4 is 23.7 Å². The molecule has 6 nitrogen and oxygen atoms in total. The van der Waals surface area contributed by atoms with E-state index in [1.54, 1.807) is 6.20 Å². The first-order chi connectivity index (χ1) is 13.7. The molecule has 0 spiro atoms. The van der Waals surface area contributed by atoms with Crippen LogP contribution in [-0.4, -0.2) is 55.8 Å². The quantitative estimate of drug-likeness (QED) is 0.636. The van der Waals surface area contributed by atoms with Gasteiger partial charge in [-0.15, -0.1) is 0 Å². The summed E-state index contributed by atoms with van der Waals surface area (Å²) in [5, 5.41) is 0.618. The van der Waals surface area contributed by atoms with Crippen LogP contribution in [0.3, 0.4) is 0 Å². The van der Waals surface area contributed by atoms with Crippen LogP contribution in [0.5, 0.6) is 0 Å². The van der Waals surface area contributed by atoms with E-state index in [0.29, 0.717) is 17.1 Å².